The van der Waals surface area contributed by atoms with E-state index in [2.05, 4.69) is 16.0 Å². The molecular weight excluding hydrogens is 425 g/mol. The Morgan fingerprint density at radius 2 is 1.87 bits per heavy atom. The Hall–Kier alpha value is -2.68. The van der Waals surface area contributed by atoms with Crippen molar-refractivity contribution < 1.29 is 23.8 Å². The summed E-state index contributed by atoms with van der Waals surface area (Å²) in [6.07, 6.45) is 0.183. The number of rotatable bonds is 7. The number of carbonyl (C=O) groups excluding carboxylic acids is 2. The van der Waals surface area contributed by atoms with E-state index in [9.17, 15) is 19.1 Å². The smallest absolute Gasteiger partial charge is 0.319 e. The Balaban J connectivity index is 1.45. The van der Waals surface area contributed by atoms with Gasteiger partial charge in [0.15, 0.2) is 0 Å². The lowest BCUT2D eigenvalue weighted by atomic mass is 9.97. The molecule has 0 unspecified atom stereocenters. The number of hydrogen-bond donors (Lipinski definition) is 4. The zero-order valence-electron chi connectivity index (χ0n) is 16.8. The second kappa shape index (κ2) is 11.1. The van der Waals surface area contributed by atoms with Crippen LogP contribution in [0.2, 0.25) is 5.02 Å². The number of carbonyl (C=O) groups is 2. The van der Waals surface area contributed by atoms with Crippen molar-refractivity contribution in [2.75, 3.05) is 11.9 Å². The van der Waals surface area contributed by atoms with E-state index in [0.29, 0.717) is 24.4 Å². The Labute approximate surface area is 184 Å². The molecule has 1 aliphatic rings. The van der Waals surface area contributed by atoms with Gasteiger partial charge in [0, 0.05) is 11.6 Å². The number of urea groups is 1. The van der Waals surface area contributed by atoms with Crippen LogP contribution in [0.5, 0.6) is 0 Å². The molecule has 0 radical (unpaired) electrons. The van der Waals surface area contributed by atoms with E-state index in [1.807, 2.05) is 12.1 Å². The van der Waals surface area contributed by atoms with Crippen LogP contribution in [-0.2, 0) is 16.1 Å². The first-order valence-corrected chi connectivity index (χ1v) is 10.4. The molecule has 1 heterocycles. The number of hydrogen-bond acceptors (Lipinski definition) is 4. The zero-order chi connectivity index (χ0) is 22.2. The molecule has 2 aromatic rings. The number of halogens is 2. The average Bonchev–Trinajstić information content (AvgIpc) is 2.76. The van der Waals surface area contributed by atoms with Crippen molar-refractivity contribution in [2.24, 2.45) is 0 Å². The van der Waals surface area contributed by atoms with Gasteiger partial charge >= 0.3 is 6.03 Å². The minimum atomic E-state index is -0.658. The largest absolute Gasteiger partial charge is 0.394 e. The highest BCUT2D eigenvalue weighted by Crippen LogP contribution is 2.22. The van der Waals surface area contributed by atoms with Gasteiger partial charge in [-0.3, -0.25) is 4.79 Å². The number of nitrogens with one attached hydrogen (secondary N) is 3. The van der Waals surface area contributed by atoms with E-state index in [-0.39, 0.29) is 30.7 Å². The maximum atomic E-state index is 13.7. The van der Waals surface area contributed by atoms with E-state index in [1.54, 1.807) is 18.2 Å². The zero-order valence-corrected chi connectivity index (χ0v) is 17.6. The summed E-state index contributed by atoms with van der Waals surface area (Å²) in [6.45, 7) is 0.0695. The topological polar surface area (TPSA) is 99.7 Å². The number of benzene rings is 2. The van der Waals surface area contributed by atoms with Gasteiger partial charge in [0.05, 0.1) is 30.9 Å². The fraction of sp³-hybridized carbons (Fsp3) is 0.364. The van der Waals surface area contributed by atoms with E-state index in [4.69, 9.17) is 16.3 Å². The van der Waals surface area contributed by atoms with Gasteiger partial charge in [-0.1, -0.05) is 35.9 Å². The average molecular weight is 450 g/mol. The van der Waals surface area contributed by atoms with E-state index >= 15 is 0 Å². The van der Waals surface area contributed by atoms with Crippen LogP contribution in [0.15, 0.2) is 48.5 Å². The molecule has 1 saturated heterocycles. The van der Waals surface area contributed by atoms with Crippen molar-refractivity contribution in [2.45, 2.75) is 44.1 Å². The minimum Gasteiger partial charge on any atom is -0.394 e. The summed E-state index contributed by atoms with van der Waals surface area (Å²) < 4.78 is 19.5. The SMILES string of the molecule is O=C(C[C@@H]1CC[C@@H](NC(=O)Nc2ccccc2F)[C@@H](CO)O1)NCc1ccc(Cl)cc1. The number of ether oxygens (including phenoxy) is 1. The van der Waals surface area contributed by atoms with Crippen LogP contribution in [0.25, 0.3) is 0 Å². The van der Waals surface area contributed by atoms with Crippen LogP contribution < -0.4 is 16.0 Å². The third-order valence-electron chi connectivity index (χ3n) is 5.05. The highest BCUT2D eigenvalue weighted by molar-refractivity contribution is 6.30. The standard InChI is InChI=1S/C22H25ClFN3O4/c23-15-7-5-14(6-8-15)12-25-21(29)11-16-9-10-19(20(13-28)31-16)27-22(30)26-18-4-2-1-3-17(18)24/h1-8,16,19-20,28H,9-13H2,(H,25,29)(H2,26,27,30)/t16-,19+,20+/m0/s1. The molecule has 0 aliphatic carbocycles. The summed E-state index contributed by atoms with van der Waals surface area (Å²) in [4.78, 5) is 24.4. The summed E-state index contributed by atoms with van der Waals surface area (Å²) in [7, 11) is 0. The molecule has 7 nitrogen and oxygen atoms in total. The van der Waals surface area contributed by atoms with Crippen LogP contribution in [-0.4, -0.2) is 41.9 Å². The van der Waals surface area contributed by atoms with Crippen LogP contribution in [0.3, 0.4) is 0 Å². The second-order valence-corrected chi connectivity index (χ2v) is 7.79. The van der Waals surface area contributed by atoms with E-state index in [1.165, 1.54) is 18.2 Å². The molecule has 3 amide bonds. The molecule has 2 aromatic carbocycles. The molecule has 166 valence electrons. The van der Waals surface area contributed by atoms with Gasteiger partial charge in [-0.15, -0.1) is 0 Å². The van der Waals surface area contributed by atoms with E-state index in [0.717, 1.165) is 5.56 Å². The Kier molecular flexibility index (Phi) is 8.22. The van der Waals surface area contributed by atoms with Crippen LogP contribution in [0.1, 0.15) is 24.8 Å². The Morgan fingerprint density at radius 1 is 1.13 bits per heavy atom. The molecule has 31 heavy (non-hydrogen) atoms. The van der Waals surface area contributed by atoms with Crippen molar-refractivity contribution in [1.29, 1.82) is 0 Å². The summed E-state index contributed by atoms with van der Waals surface area (Å²) in [5.74, 6) is -0.707. The molecule has 0 saturated carbocycles. The summed E-state index contributed by atoms with van der Waals surface area (Å²) >= 11 is 5.85. The van der Waals surface area contributed by atoms with Gasteiger partial charge in [0.1, 0.15) is 11.9 Å². The fourth-order valence-corrected chi connectivity index (χ4v) is 3.54. The van der Waals surface area contributed by atoms with Crippen molar-refractivity contribution >= 4 is 29.2 Å². The first-order chi connectivity index (χ1) is 14.9. The van der Waals surface area contributed by atoms with Crippen molar-refractivity contribution in [3.8, 4) is 0 Å². The van der Waals surface area contributed by atoms with Gasteiger partial charge in [0.2, 0.25) is 5.91 Å². The molecule has 4 N–H and O–H groups in total. The number of aliphatic hydroxyl groups is 1. The number of para-hydroxylation sites is 1. The lowest BCUT2D eigenvalue weighted by Gasteiger charge is -2.35. The molecule has 0 spiro atoms. The molecule has 3 atom stereocenters. The molecular formula is C22H25ClFN3O4. The molecule has 3 rings (SSSR count). The highest BCUT2D eigenvalue weighted by atomic mass is 35.5. The van der Waals surface area contributed by atoms with Crippen LogP contribution in [0, 0.1) is 5.82 Å². The fourth-order valence-electron chi connectivity index (χ4n) is 3.42. The van der Waals surface area contributed by atoms with E-state index < -0.39 is 24.0 Å². The minimum absolute atomic E-state index is 0.0625. The van der Waals surface area contributed by atoms with Crippen molar-refractivity contribution in [3.05, 3.63) is 64.9 Å². The highest BCUT2D eigenvalue weighted by Gasteiger charge is 2.33. The van der Waals surface area contributed by atoms with Gasteiger partial charge in [-0.25, -0.2) is 9.18 Å². The Bertz CT molecular complexity index is 897. The van der Waals surface area contributed by atoms with Gasteiger partial charge < -0.3 is 25.8 Å². The third-order valence-corrected chi connectivity index (χ3v) is 5.30. The third kappa shape index (κ3) is 6.92. The normalized spacial score (nSPS) is 20.7. The predicted molar refractivity (Wildman–Crippen MR) is 115 cm³/mol. The van der Waals surface area contributed by atoms with Crippen LogP contribution >= 0.6 is 11.6 Å². The molecule has 1 aliphatic heterocycles. The number of aliphatic hydroxyl groups excluding tert-OH is 1. The second-order valence-electron chi connectivity index (χ2n) is 7.35. The number of anilines is 1. The first kappa shape index (κ1) is 23.0. The summed E-state index contributed by atoms with van der Waals surface area (Å²) in [6, 6.07) is 12.0. The monoisotopic (exact) mass is 449 g/mol. The van der Waals surface area contributed by atoms with Gasteiger partial charge in [-0.05, 0) is 42.7 Å². The molecule has 1 fully saturated rings. The number of amides is 3. The molecule has 0 bridgehead atoms. The molecule has 0 aromatic heterocycles. The lowest BCUT2D eigenvalue weighted by molar-refractivity contribution is -0.130. The maximum Gasteiger partial charge on any atom is 0.319 e. The Morgan fingerprint density at radius 3 is 2.58 bits per heavy atom. The van der Waals surface area contributed by atoms with Crippen LogP contribution in [0.4, 0.5) is 14.9 Å². The predicted octanol–water partition coefficient (Wildman–Crippen LogP) is 3.22. The van der Waals surface area contributed by atoms with Crippen molar-refractivity contribution in [3.63, 3.8) is 0 Å². The summed E-state index contributed by atoms with van der Waals surface area (Å²) in [5.41, 5.74) is 0.994. The maximum absolute atomic E-state index is 13.7. The first-order valence-electron chi connectivity index (χ1n) is 10.0. The van der Waals surface area contributed by atoms with Gasteiger partial charge in [-0.2, -0.15) is 0 Å². The van der Waals surface area contributed by atoms with Gasteiger partial charge in [0.25, 0.3) is 0 Å². The quantitative estimate of drug-likeness (QED) is 0.521. The lowest BCUT2D eigenvalue weighted by Crippen LogP contribution is -2.52. The summed E-state index contributed by atoms with van der Waals surface area (Å²) in [5, 5.41) is 18.3. The van der Waals surface area contributed by atoms with Crippen molar-refractivity contribution in [1.82, 2.24) is 10.6 Å². The molecule has 9 heteroatoms.